The molecule has 1 unspecified atom stereocenters. The lowest BCUT2D eigenvalue weighted by atomic mass is 9.87. The van der Waals surface area contributed by atoms with Gasteiger partial charge in [-0.1, -0.05) is 29.8 Å². The number of aromatic hydroxyl groups is 1. The van der Waals surface area contributed by atoms with E-state index in [9.17, 15) is 9.90 Å². The molecule has 2 aromatic rings. The average molecular weight is 294 g/mol. The van der Waals surface area contributed by atoms with Gasteiger partial charge < -0.3 is 10.0 Å². The van der Waals surface area contributed by atoms with Gasteiger partial charge in [-0.15, -0.1) is 0 Å². The van der Waals surface area contributed by atoms with Crippen molar-refractivity contribution in [1.82, 2.24) is 10.2 Å². The number of fused-ring (bicyclic) bond motifs is 3. The van der Waals surface area contributed by atoms with E-state index < -0.39 is 5.66 Å². The maximum absolute atomic E-state index is 12.8. The molecule has 4 nitrogen and oxygen atoms in total. The van der Waals surface area contributed by atoms with E-state index in [2.05, 4.69) is 5.32 Å². The molecular weight excluding hydrogens is 276 g/mol. The number of nitrogens with zero attached hydrogens (tertiary/aromatic N) is 1. The van der Waals surface area contributed by atoms with Crippen LogP contribution in [0, 0.1) is 6.92 Å². The van der Waals surface area contributed by atoms with Crippen molar-refractivity contribution in [2.24, 2.45) is 0 Å². The van der Waals surface area contributed by atoms with Crippen molar-refractivity contribution >= 4 is 5.91 Å². The molecule has 2 heterocycles. The van der Waals surface area contributed by atoms with Crippen molar-refractivity contribution in [2.45, 2.75) is 19.0 Å². The quantitative estimate of drug-likeness (QED) is 0.849. The lowest BCUT2D eigenvalue weighted by Crippen LogP contribution is -2.59. The average Bonchev–Trinajstić information content (AvgIpc) is 2.81. The molecule has 2 aliphatic heterocycles. The van der Waals surface area contributed by atoms with Gasteiger partial charge in [0.15, 0.2) is 5.66 Å². The number of hydrogen-bond donors (Lipinski definition) is 2. The Morgan fingerprint density at radius 1 is 1.18 bits per heavy atom. The summed E-state index contributed by atoms with van der Waals surface area (Å²) in [5, 5.41) is 14.0. The maximum Gasteiger partial charge on any atom is 0.256 e. The molecule has 0 radical (unpaired) electrons. The van der Waals surface area contributed by atoms with E-state index in [1.807, 2.05) is 48.2 Å². The van der Waals surface area contributed by atoms with Crippen LogP contribution in [0.15, 0.2) is 42.5 Å². The predicted octanol–water partition coefficient (Wildman–Crippen LogP) is 2.35. The number of hydrogen-bond acceptors (Lipinski definition) is 3. The number of phenolic OH excluding ortho intramolecular Hbond substituents is 1. The maximum atomic E-state index is 12.8. The fraction of sp³-hybridized carbons (Fsp3) is 0.278. The van der Waals surface area contributed by atoms with Gasteiger partial charge in [0.25, 0.3) is 5.91 Å². The standard InChI is InChI=1S/C18H18N2O2/c1-12-7-8-16(21)15(11-12)18-14-6-3-2-5-13(14)17(22)20(18)10-4-9-19-18/h2-3,5-8,11,19,21H,4,9-10H2,1H3. The summed E-state index contributed by atoms with van der Waals surface area (Å²) in [7, 11) is 0. The van der Waals surface area contributed by atoms with E-state index in [0.717, 1.165) is 35.2 Å². The van der Waals surface area contributed by atoms with Crippen molar-refractivity contribution in [1.29, 1.82) is 0 Å². The molecule has 0 aromatic heterocycles. The number of carbonyl (C=O) groups excluding carboxylic acids is 1. The van der Waals surface area contributed by atoms with Gasteiger partial charge in [0.2, 0.25) is 0 Å². The van der Waals surface area contributed by atoms with Crippen molar-refractivity contribution in [3.63, 3.8) is 0 Å². The molecule has 1 saturated heterocycles. The summed E-state index contributed by atoms with van der Waals surface area (Å²) in [5.74, 6) is 0.248. The summed E-state index contributed by atoms with van der Waals surface area (Å²) < 4.78 is 0. The Balaban J connectivity index is 2.04. The van der Waals surface area contributed by atoms with Crippen LogP contribution in [-0.4, -0.2) is 29.0 Å². The zero-order chi connectivity index (χ0) is 15.3. The number of aryl methyl sites for hydroxylation is 1. The molecule has 2 aromatic carbocycles. The highest BCUT2D eigenvalue weighted by atomic mass is 16.3. The van der Waals surface area contributed by atoms with Crippen molar-refractivity contribution in [2.75, 3.05) is 13.1 Å². The van der Waals surface area contributed by atoms with Crippen LogP contribution in [-0.2, 0) is 5.66 Å². The fourth-order valence-corrected chi connectivity index (χ4v) is 3.72. The minimum atomic E-state index is -0.748. The number of rotatable bonds is 1. The minimum Gasteiger partial charge on any atom is -0.508 e. The van der Waals surface area contributed by atoms with Gasteiger partial charge >= 0.3 is 0 Å². The third-order valence-electron chi connectivity index (χ3n) is 4.68. The Kier molecular flexibility index (Phi) is 2.78. The van der Waals surface area contributed by atoms with Crippen molar-refractivity contribution in [3.8, 4) is 5.75 Å². The second-order valence-corrected chi connectivity index (χ2v) is 6.01. The van der Waals surface area contributed by atoms with Gasteiger partial charge in [0, 0.05) is 23.2 Å². The molecule has 1 fully saturated rings. The third-order valence-corrected chi connectivity index (χ3v) is 4.68. The van der Waals surface area contributed by atoms with Crippen LogP contribution in [0.1, 0.15) is 33.5 Å². The number of benzene rings is 2. The van der Waals surface area contributed by atoms with Crippen LogP contribution in [0.4, 0.5) is 0 Å². The van der Waals surface area contributed by atoms with Crippen LogP contribution < -0.4 is 5.32 Å². The largest absolute Gasteiger partial charge is 0.508 e. The minimum absolute atomic E-state index is 0.0312. The number of carbonyl (C=O) groups is 1. The highest BCUT2D eigenvalue weighted by molar-refractivity contribution is 6.01. The Bertz CT molecular complexity index is 771. The van der Waals surface area contributed by atoms with Crippen LogP contribution in [0.2, 0.25) is 0 Å². The molecule has 4 heteroatoms. The van der Waals surface area contributed by atoms with E-state index in [1.165, 1.54) is 0 Å². The first kappa shape index (κ1) is 13.3. The smallest absolute Gasteiger partial charge is 0.256 e. The normalized spacial score (nSPS) is 23.3. The first-order valence-corrected chi connectivity index (χ1v) is 7.61. The van der Waals surface area contributed by atoms with Crippen molar-refractivity contribution in [3.05, 3.63) is 64.7 Å². The van der Waals surface area contributed by atoms with Crippen molar-refractivity contribution < 1.29 is 9.90 Å². The van der Waals surface area contributed by atoms with E-state index in [1.54, 1.807) is 6.07 Å². The van der Waals surface area contributed by atoms with Gasteiger partial charge in [-0.3, -0.25) is 10.1 Å². The van der Waals surface area contributed by atoms with E-state index in [-0.39, 0.29) is 11.7 Å². The third kappa shape index (κ3) is 1.58. The molecule has 2 aliphatic rings. The monoisotopic (exact) mass is 294 g/mol. The molecule has 0 spiro atoms. The van der Waals surface area contributed by atoms with E-state index >= 15 is 0 Å². The fourth-order valence-electron chi connectivity index (χ4n) is 3.72. The molecule has 0 aliphatic carbocycles. The SMILES string of the molecule is Cc1ccc(O)c(C23NCCCN2C(=O)c2ccccc23)c1. The van der Waals surface area contributed by atoms with Crippen LogP contribution in [0.5, 0.6) is 5.75 Å². The van der Waals surface area contributed by atoms with Gasteiger partial charge in [-0.2, -0.15) is 0 Å². The second-order valence-electron chi connectivity index (χ2n) is 6.01. The summed E-state index contributed by atoms with van der Waals surface area (Å²) in [6.07, 6.45) is 0.911. The molecule has 2 N–H and O–H groups in total. The van der Waals surface area contributed by atoms with Gasteiger partial charge in [-0.05, 0) is 38.1 Å². The lowest BCUT2D eigenvalue weighted by molar-refractivity contribution is 0.0450. The topological polar surface area (TPSA) is 52.6 Å². The molecule has 1 amide bonds. The second kappa shape index (κ2) is 4.58. The number of phenols is 1. The summed E-state index contributed by atoms with van der Waals surface area (Å²) in [5.41, 5.74) is 2.72. The van der Waals surface area contributed by atoms with Crippen LogP contribution >= 0.6 is 0 Å². The molecule has 22 heavy (non-hydrogen) atoms. The van der Waals surface area contributed by atoms with E-state index in [4.69, 9.17) is 0 Å². The molecule has 112 valence electrons. The zero-order valence-electron chi connectivity index (χ0n) is 12.5. The Labute approximate surface area is 129 Å². The molecule has 1 atom stereocenters. The molecule has 0 bridgehead atoms. The highest BCUT2D eigenvalue weighted by Crippen LogP contribution is 2.46. The van der Waals surface area contributed by atoms with Gasteiger partial charge in [-0.25, -0.2) is 0 Å². The number of amides is 1. The highest BCUT2D eigenvalue weighted by Gasteiger charge is 2.52. The summed E-state index contributed by atoms with van der Waals surface area (Å²) in [4.78, 5) is 14.7. The van der Waals surface area contributed by atoms with Crippen LogP contribution in [0.3, 0.4) is 0 Å². The molecule has 4 rings (SSSR count). The lowest BCUT2D eigenvalue weighted by Gasteiger charge is -2.44. The van der Waals surface area contributed by atoms with Gasteiger partial charge in [0.1, 0.15) is 5.75 Å². The first-order valence-electron chi connectivity index (χ1n) is 7.61. The summed E-state index contributed by atoms with van der Waals surface area (Å²) in [6, 6.07) is 13.2. The first-order chi connectivity index (χ1) is 10.6. The predicted molar refractivity (Wildman–Crippen MR) is 83.7 cm³/mol. The van der Waals surface area contributed by atoms with E-state index in [0.29, 0.717) is 6.54 Å². The number of nitrogens with one attached hydrogen (secondary N) is 1. The Hall–Kier alpha value is -2.33. The zero-order valence-corrected chi connectivity index (χ0v) is 12.5. The molecular formula is C18H18N2O2. The Morgan fingerprint density at radius 3 is 2.86 bits per heavy atom. The summed E-state index contributed by atoms with van der Waals surface area (Å²) >= 11 is 0. The van der Waals surface area contributed by atoms with Crippen LogP contribution in [0.25, 0.3) is 0 Å². The van der Waals surface area contributed by atoms with Gasteiger partial charge in [0.05, 0.1) is 0 Å². The summed E-state index contributed by atoms with van der Waals surface area (Å²) in [6.45, 7) is 3.49. The Morgan fingerprint density at radius 2 is 2.00 bits per heavy atom. The molecule has 0 saturated carbocycles.